The van der Waals surface area contributed by atoms with Crippen molar-refractivity contribution in [3.05, 3.63) is 42.5 Å². The predicted molar refractivity (Wildman–Crippen MR) is 74.8 cm³/mol. The van der Waals surface area contributed by atoms with Gasteiger partial charge < -0.3 is 10.2 Å². The van der Waals surface area contributed by atoms with Crippen molar-refractivity contribution in [3.63, 3.8) is 0 Å². The molecule has 0 aromatic heterocycles. The highest BCUT2D eigenvalue weighted by Gasteiger charge is 2.15. The van der Waals surface area contributed by atoms with Gasteiger partial charge in [-0.05, 0) is 37.3 Å². The van der Waals surface area contributed by atoms with Crippen LogP contribution < -0.4 is 10.2 Å². The van der Waals surface area contributed by atoms with Crippen molar-refractivity contribution in [2.45, 2.75) is 25.7 Å². The van der Waals surface area contributed by atoms with Gasteiger partial charge in [-0.15, -0.1) is 19.0 Å². The fourth-order valence-electron chi connectivity index (χ4n) is 1.25. The van der Waals surface area contributed by atoms with E-state index < -0.39 is 8.32 Å². The smallest absolute Gasteiger partial charge is 0.242 e. The lowest BCUT2D eigenvalue weighted by Gasteiger charge is -2.19. The number of hydrogen-bond acceptors (Lipinski definition) is 2. The normalized spacial score (nSPS) is 12.5. The molecule has 0 bridgehead atoms. The van der Waals surface area contributed by atoms with E-state index in [1.807, 2.05) is 24.3 Å². The van der Waals surface area contributed by atoms with E-state index in [-0.39, 0.29) is 18.4 Å². The molecule has 1 rings (SSSR count). The molecule has 0 heterocycles. The largest absolute Gasteiger partial charge is 0.544 e. The third-order valence-electron chi connectivity index (χ3n) is 1.94. The van der Waals surface area contributed by atoms with Gasteiger partial charge in [0.15, 0.2) is 0 Å². The van der Waals surface area contributed by atoms with Gasteiger partial charge in [0.1, 0.15) is 5.75 Å². The Morgan fingerprint density at radius 3 is 2.12 bits per heavy atom. The second kappa shape index (κ2) is 6.08. The number of halogens is 1. The number of nitrogens with two attached hydrogens (primary N) is 1. The fourth-order valence-corrected chi connectivity index (χ4v) is 2.09. The summed E-state index contributed by atoms with van der Waals surface area (Å²) >= 11 is 0. The quantitative estimate of drug-likeness (QED) is 0.662. The lowest BCUT2D eigenvalue weighted by molar-refractivity contribution is 0.557. The molecular weight excluding hydrogens is 238 g/mol. The van der Waals surface area contributed by atoms with E-state index in [1.165, 1.54) is 0 Å². The van der Waals surface area contributed by atoms with Crippen molar-refractivity contribution in [1.29, 1.82) is 0 Å². The Morgan fingerprint density at radius 1 is 1.25 bits per heavy atom. The summed E-state index contributed by atoms with van der Waals surface area (Å²) in [6.07, 6.45) is 1.73. The monoisotopic (exact) mass is 257 g/mol. The summed E-state index contributed by atoms with van der Waals surface area (Å²) < 4.78 is 5.84. The first-order valence-electron chi connectivity index (χ1n) is 5.09. The van der Waals surface area contributed by atoms with Crippen LogP contribution in [0.2, 0.25) is 19.6 Å². The van der Waals surface area contributed by atoms with Crippen molar-refractivity contribution in [2.24, 2.45) is 5.73 Å². The van der Waals surface area contributed by atoms with Gasteiger partial charge in [0.25, 0.3) is 0 Å². The lowest BCUT2D eigenvalue weighted by Crippen LogP contribution is -2.29. The van der Waals surface area contributed by atoms with E-state index >= 15 is 0 Å². The van der Waals surface area contributed by atoms with E-state index in [0.29, 0.717) is 0 Å². The van der Waals surface area contributed by atoms with Gasteiger partial charge in [-0.3, -0.25) is 0 Å². The van der Waals surface area contributed by atoms with Crippen LogP contribution in [0.15, 0.2) is 36.9 Å². The molecule has 1 aromatic carbocycles. The minimum Gasteiger partial charge on any atom is -0.544 e. The van der Waals surface area contributed by atoms with E-state index in [1.54, 1.807) is 6.08 Å². The first-order valence-corrected chi connectivity index (χ1v) is 8.50. The van der Waals surface area contributed by atoms with Gasteiger partial charge in [0, 0.05) is 6.04 Å². The van der Waals surface area contributed by atoms with E-state index in [9.17, 15) is 0 Å². The van der Waals surface area contributed by atoms with Crippen LogP contribution in [0, 0.1) is 0 Å². The molecular formula is C12H20ClNOSi. The van der Waals surface area contributed by atoms with Crippen LogP contribution in [0.3, 0.4) is 0 Å². The maximum absolute atomic E-state index is 5.84. The molecule has 0 aliphatic rings. The van der Waals surface area contributed by atoms with E-state index in [0.717, 1.165) is 11.3 Å². The molecule has 0 saturated carbocycles. The molecule has 90 valence electrons. The highest BCUT2D eigenvalue weighted by Crippen LogP contribution is 2.19. The minimum atomic E-state index is -1.50. The van der Waals surface area contributed by atoms with Crippen molar-refractivity contribution in [1.82, 2.24) is 0 Å². The second-order valence-corrected chi connectivity index (χ2v) is 8.97. The van der Waals surface area contributed by atoms with Crippen LogP contribution in [0.1, 0.15) is 11.6 Å². The first-order chi connectivity index (χ1) is 6.92. The SMILES string of the molecule is C=C[C@H](N)c1ccc(O[Si](C)(C)C)cc1.Cl. The van der Waals surface area contributed by atoms with Crippen molar-refractivity contribution < 1.29 is 4.43 Å². The van der Waals surface area contributed by atoms with E-state index in [4.69, 9.17) is 10.2 Å². The molecule has 0 radical (unpaired) electrons. The topological polar surface area (TPSA) is 35.2 Å². The molecule has 1 atom stereocenters. The Kier molecular flexibility index (Phi) is 5.79. The summed E-state index contributed by atoms with van der Waals surface area (Å²) in [7, 11) is -1.50. The molecule has 0 unspecified atom stereocenters. The van der Waals surface area contributed by atoms with Crippen LogP contribution in [-0.4, -0.2) is 8.32 Å². The Morgan fingerprint density at radius 2 is 1.75 bits per heavy atom. The highest BCUT2D eigenvalue weighted by molar-refractivity contribution is 6.70. The molecule has 1 aromatic rings. The average Bonchev–Trinajstić information content (AvgIpc) is 2.15. The summed E-state index contributed by atoms with van der Waals surface area (Å²) in [6, 6.07) is 7.82. The molecule has 0 amide bonds. The number of benzene rings is 1. The average molecular weight is 258 g/mol. The van der Waals surface area contributed by atoms with Gasteiger partial charge in [-0.2, -0.15) is 0 Å². The standard InChI is InChI=1S/C12H19NOSi.ClH/c1-5-12(13)10-6-8-11(9-7-10)14-15(2,3)4;/h5-9,12H,1,13H2,2-4H3;1H/t12-;/m0./s1. The fraction of sp³-hybridized carbons (Fsp3) is 0.333. The number of rotatable bonds is 4. The molecule has 16 heavy (non-hydrogen) atoms. The van der Waals surface area contributed by atoms with Crippen molar-refractivity contribution in [2.75, 3.05) is 0 Å². The minimum absolute atomic E-state index is 0. The van der Waals surface area contributed by atoms with Gasteiger partial charge in [0.2, 0.25) is 8.32 Å². The second-order valence-electron chi connectivity index (χ2n) is 4.54. The zero-order valence-corrected chi connectivity index (χ0v) is 11.9. The van der Waals surface area contributed by atoms with Gasteiger partial charge >= 0.3 is 0 Å². The van der Waals surface area contributed by atoms with Gasteiger partial charge in [0.05, 0.1) is 0 Å². The highest BCUT2D eigenvalue weighted by atomic mass is 35.5. The Hall–Kier alpha value is -0.773. The maximum Gasteiger partial charge on any atom is 0.242 e. The van der Waals surface area contributed by atoms with Crippen LogP contribution in [0.4, 0.5) is 0 Å². The Balaban J connectivity index is 0.00000225. The summed E-state index contributed by atoms with van der Waals surface area (Å²) in [5.41, 5.74) is 6.88. The van der Waals surface area contributed by atoms with Crippen LogP contribution in [0.5, 0.6) is 5.75 Å². The Bertz CT molecular complexity index is 332. The van der Waals surface area contributed by atoms with Crippen molar-refractivity contribution in [3.8, 4) is 5.75 Å². The van der Waals surface area contributed by atoms with E-state index in [2.05, 4.69) is 26.2 Å². The molecule has 0 aliphatic carbocycles. The molecule has 0 saturated heterocycles. The van der Waals surface area contributed by atoms with Gasteiger partial charge in [-0.1, -0.05) is 18.2 Å². The van der Waals surface area contributed by atoms with Crippen LogP contribution in [-0.2, 0) is 0 Å². The Labute approximate surface area is 105 Å². The third kappa shape index (κ3) is 4.83. The van der Waals surface area contributed by atoms with Crippen LogP contribution in [0.25, 0.3) is 0 Å². The molecule has 2 nitrogen and oxygen atoms in total. The molecule has 4 heteroatoms. The van der Waals surface area contributed by atoms with Crippen molar-refractivity contribution >= 4 is 20.7 Å². The molecule has 0 fully saturated rings. The zero-order chi connectivity index (χ0) is 11.5. The predicted octanol–water partition coefficient (Wildman–Crippen LogP) is 3.51. The first kappa shape index (κ1) is 15.2. The summed E-state index contributed by atoms with van der Waals surface area (Å²) in [5.74, 6) is 0.925. The third-order valence-corrected chi connectivity index (χ3v) is 2.79. The summed E-state index contributed by atoms with van der Waals surface area (Å²) in [6.45, 7) is 10.2. The molecule has 2 N–H and O–H groups in total. The maximum atomic E-state index is 5.84. The van der Waals surface area contributed by atoms with Crippen LogP contribution >= 0.6 is 12.4 Å². The summed E-state index contributed by atoms with van der Waals surface area (Å²) in [4.78, 5) is 0. The molecule has 0 aliphatic heterocycles. The number of hydrogen-bond donors (Lipinski definition) is 1. The zero-order valence-electron chi connectivity index (χ0n) is 10.1. The van der Waals surface area contributed by atoms with Gasteiger partial charge in [-0.25, -0.2) is 0 Å². The molecule has 0 spiro atoms. The summed E-state index contributed by atoms with van der Waals surface area (Å²) in [5, 5.41) is 0. The lowest BCUT2D eigenvalue weighted by atomic mass is 10.1.